The molecule has 0 aromatic rings. The third-order valence-corrected chi connectivity index (χ3v) is 0.591. The van der Waals surface area contributed by atoms with Gasteiger partial charge in [-0.05, 0) is 13.3 Å². The van der Waals surface area contributed by atoms with Crippen LogP contribution in [0.15, 0.2) is 0 Å². The van der Waals surface area contributed by atoms with Crippen molar-refractivity contribution >= 4 is 34.8 Å². The second-order valence-corrected chi connectivity index (χ2v) is 3.48. The van der Waals surface area contributed by atoms with Crippen molar-refractivity contribution in [3.8, 4) is 0 Å². The molecule has 58 valence electrons. The zero-order valence-electron chi connectivity index (χ0n) is 5.44. The molecule has 1 nitrogen and oxygen atoms in total. The molecular formula is C5H11Cl3O. The molecule has 1 N–H and O–H groups in total. The van der Waals surface area contributed by atoms with Crippen LogP contribution in [0.3, 0.4) is 0 Å². The van der Waals surface area contributed by atoms with Crippen molar-refractivity contribution < 1.29 is 5.11 Å². The van der Waals surface area contributed by atoms with Gasteiger partial charge in [-0.3, -0.25) is 0 Å². The predicted molar refractivity (Wildman–Crippen MR) is 43.3 cm³/mol. The highest BCUT2D eigenvalue weighted by atomic mass is 35.6. The van der Waals surface area contributed by atoms with Gasteiger partial charge in [-0.15, -0.1) is 0 Å². The highest BCUT2D eigenvalue weighted by Crippen LogP contribution is 2.03. The average Bonchev–Trinajstić information content (AvgIpc) is 1.65. The summed E-state index contributed by atoms with van der Waals surface area (Å²) in [5.41, 5.74) is 0. The fourth-order valence-electron chi connectivity index (χ4n) is 0. The maximum absolute atomic E-state index is 8.36. The van der Waals surface area contributed by atoms with Crippen molar-refractivity contribution in [3.05, 3.63) is 0 Å². The largest absolute Gasteiger partial charge is 0.393 e. The predicted octanol–water partition coefficient (Wildman–Crippen LogP) is 2.76. The summed E-state index contributed by atoms with van der Waals surface area (Å²) < 4.78 is -0.750. The highest BCUT2D eigenvalue weighted by Gasteiger charge is 1.81. The lowest BCUT2D eigenvalue weighted by atomic mass is 10.3. The van der Waals surface area contributed by atoms with Gasteiger partial charge in [-0.2, -0.15) is 0 Å². The Bertz CT molecular complexity index is 44.7. The first-order valence-corrected chi connectivity index (χ1v) is 3.91. The van der Waals surface area contributed by atoms with Gasteiger partial charge in [0.1, 0.15) is 0 Å². The molecule has 0 aromatic carbocycles. The number of aliphatic hydroxyl groups excluding tert-OH is 1. The Labute approximate surface area is 70.9 Å². The Hall–Kier alpha value is 0.830. The number of alkyl halides is 3. The Balaban J connectivity index is 0. The molecule has 0 saturated carbocycles. The normalized spacial score (nSPS) is 12.3. The van der Waals surface area contributed by atoms with Gasteiger partial charge in [0.05, 0.1) is 6.10 Å². The molecule has 0 fully saturated rings. The van der Waals surface area contributed by atoms with Crippen molar-refractivity contribution in [2.75, 3.05) is 0 Å². The van der Waals surface area contributed by atoms with Gasteiger partial charge in [0.2, 0.25) is 0 Å². The number of hydrogen-bond acceptors (Lipinski definition) is 1. The quantitative estimate of drug-likeness (QED) is 0.635. The van der Waals surface area contributed by atoms with Crippen molar-refractivity contribution in [2.24, 2.45) is 0 Å². The van der Waals surface area contributed by atoms with E-state index in [2.05, 4.69) is 0 Å². The maximum atomic E-state index is 8.36. The van der Waals surface area contributed by atoms with E-state index in [0.717, 1.165) is 6.42 Å². The minimum Gasteiger partial charge on any atom is -0.393 e. The minimum atomic E-state index is -0.750. The molecule has 9 heavy (non-hydrogen) atoms. The molecule has 0 heterocycles. The van der Waals surface area contributed by atoms with E-state index in [1.807, 2.05) is 6.92 Å². The molecule has 0 bridgehead atoms. The van der Waals surface area contributed by atoms with Gasteiger partial charge in [0, 0.05) is 0 Å². The van der Waals surface area contributed by atoms with E-state index in [1.54, 1.807) is 6.92 Å². The first-order chi connectivity index (χ1) is 4.00. The molecule has 0 amide bonds. The van der Waals surface area contributed by atoms with Gasteiger partial charge in [-0.25, -0.2) is 0 Å². The van der Waals surface area contributed by atoms with Crippen LogP contribution in [0.4, 0.5) is 0 Å². The first-order valence-electron chi connectivity index (χ1n) is 2.61. The van der Waals surface area contributed by atoms with Crippen LogP contribution in [0.1, 0.15) is 20.3 Å². The Morgan fingerprint density at radius 3 is 1.44 bits per heavy atom. The Kier molecular flexibility index (Phi) is 12.3. The summed E-state index contributed by atoms with van der Waals surface area (Å²) >= 11 is 14.4. The average molecular weight is 194 g/mol. The summed E-state index contributed by atoms with van der Waals surface area (Å²) in [5.74, 6) is 0. The molecule has 0 spiro atoms. The van der Waals surface area contributed by atoms with Crippen LogP contribution in [0.2, 0.25) is 0 Å². The van der Waals surface area contributed by atoms with Crippen LogP contribution in [0.5, 0.6) is 0 Å². The number of aliphatic hydroxyl groups is 1. The van der Waals surface area contributed by atoms with Crippen LogP contribution in [0.25, 0.3) is 0 Å². The monoisotopic (exact) mass is 192 g/mol. The van der Waals surface area contributed by atoms with Crippen molar-refractivity contribution in [1.29, 1.82) is 0 Å². The zero-order valence-corrected chi connectivity index (χ0v) is 7.71. The molecule has 0 rings (SSSR count). The third kappa shape index (κ3) is 51.4. The van der Waals surface area contributed by atoms with E-state index in [0.29, 0.717) is 0 Å². The standard InChI is InChI=1S/C4H10O.CHCl3/c1-3-4(2)5;2-1(3)4/h4-5H,3H2,1-2H3;1H. The van der Waals surface area contributed by atoms with Crippen LogP contribution >= 0.6 is 34.8 Å². The first kappa shape index (κ1) is 12.5. The summed E-state index contributed by atoms with van der Waals surface area (Å²) in [4.78, 5) is 0. The fourth-order valence-corrected chi connectivity index (χ4v) is 0. The van der Waals surface area contributed by atoms with Crippen LogP contribution < -0.4 is 0 Å². The van der Waals surface area contributed by atoms with Crippen LogP contribution in [0, 0.1) is 0 Å². The molecule has 0 saturated heterocycles. The van der Waals surface area contributed by atoms with E-state index in [4.69, 9.17) is 39.9 Å². The lowest BCUT2D eigenvalue weighted by Crippen LogP contribution is -1.93. The molecule has 0 radical (unpaired) electrons. The second kappa shape index (κ2) is 8.83. The summed E-state index contributed by atoms with van der Waals surface area (Å²) in [6, 6.07) is 0. The molecule has 0 aliphatic heterocycles. The van der Waals surface area contributed by atoms with Crippen molar-refractivity contribution in [1.82, 2.24) is 0 Å². The maximum Gasteiger partial charge on any atom is 0.180 e. The van der Waals surface area contributed by atoms with E-state index in [1.165, 1.54) is 0 Å². The molecule has 0 aliphatic rings. The van der Waals surface area contributed by atoms with Crippen LogP contribution in [-0.2, 0) is 0 Å². The lowest BCUT2D eigenvalue weighted by Gasteiger charge is -1.90. The Morgan fingerprint density at radius 2 is 1.44 bits per heavy atom. The third-order valence-electron chi connectivity index (χ3n) is 0.591. The van der Waals surface area contributed by atoms with E-state index < -0.39 is 4.30 Å². The molecular weight excluding hydrogens is 182 g/mol. The minimum absolute atomic E-state index is 0.116. The molecule has 1 atom stereocenters. The molecule has 0 aliphatic carbocycles. The van der Waals surface area contributed by atoms with Crippen molar-refractivity contribution in [2.45, 2.75) is 30.7 Å². The van der Waals surface area contributed by atoms with Gasteiger partial charge in [-0.1, -0.05) is 41.7 Å². The van der Waals surface area contributed by atoms with E-state index >= 15 is 0 Å². The summed E-state index contributed by atoms with van der Waals surface area (Å²) in [5, 5.41) is 8.36. The van der Waals surface area contributed by atoms with Gasteiger partial charge < -0.3 is 5.11 Å². The second-order valence-electron chi connectivity index (χ2n) is 1.50. The molecule has 1 unspecified atom stereocenters. The van der Waals surface area contributed by atoms with Crippen molar-refractivity contribution in [3.63, 3.8) is 0 Å². The van der Waals surface area contributed by atoms with Crippen LogP contribution in [-0.4, -0.2) is 15.5 Å². The van der Waals surface area contributed by atoms with E-state index in [9.17, 15) is 0 Å². The molecule has 4 heteroatoms. The number of hydrogen-bond donors (Lipinski definition) is 1. The summed E-state index contributed by atoms with van der Waals surface area (Å²) in [6.07, 6.45) is 0.745. The topological polar surface area (TPSA) is 20.2 Å². The van der Waals surface area contributed by atoms with Gasteiger partial charge in [0.25, 0.3) is 0 Å². The summed E-state index contributed by atoms with van der Waals surface area (Å²) in [7, 11) is 0. The van der Waals surface area contributed by atoms with E-state index in [-0.39, 0.29) is 6.10 Å². The molecule has 0 aromatic heterocycles. The number of halogens is 3. The number of rotatable bonds is 1. The van der Waals surface area contributed by atoms with Gasteiger partial charge in [0.15, 0.2) is 4.30 Å². The fraction of sp³-hybridized carbons (Fsp3) is 1.00. The smallest absolute Gasteiger partial charge is 0.180 e. The SMILES string of the molecule is CCC(C)O.ClC(Cl)Cl. The van der Waals surface area contributed by atoms with Gasteiger partial charge >= 0.3 is 0 Å². The lowest BCUT2D eigenvalue weighted by molar-refractivity contribution is 0.191. The zero-order chi connectivity index (χ0) is 7.86. The Morgan fingerprint density at radius 1 is 1.33 bits per heavy atom. The summed E-state index contributed by atoms with van der Waals surface area (Å²) in [6.45, 7) is 3.73. The highest BCUT2D eigenvalue weighted by molar-refractivity contribution is 6.63.